The minimum Gasteiger partial charge on any atom is -0.493 e. The van der Waals surface area contributed by atoms with E-state index < -0.39 is 28.9 Å². The van der Waals surface area contributed by atoms with Gasteiger partial charge in [0.2, 0.25) is 6.41 Å². The zero-order valence-corrected chi connectivity index (χ0v) is 19.0. The van der Waals surface area contributed by atoms with Gasteiger partial charge in [-0.15, -0.1) is 0 Å². The maximum atomic E-state index is 13.6. The molecule has 2 atom stereocenters. The molecule has 174 valence electrons. The Balaban J connectivity index is 1.78. The normalized spacial score (nSPS) is 16.9. The van der Waals surface area contributed by atoms with E-state index in [2.05, 4.69) is 0 Å². The van der Waals surface area contributed by atoms with Gasteiger partial charge in [0, 0.05) is 6.04 Å². The zero-order valence-electron chi connectivity index (χ0n) is 18.2. The third-order valence-corrected chi connectivity index (χ3v) is 6.51. The highest BCUT2D eigenvalue weighted by Crippen LogP contribution is 2.41. The standard InChI is InChI=1S/C23H24N2O7S/c1-31-19-9-6-14(12-20(19)32-2)17(10-11-33(29)30)25-22(27)16-4-3-5-18(21(16)23(25)28)24(13-26)15-7-8-15/h3-6,9,12-13,15,17H,7-8,10-11H2,1-2H3,(H,29,30). The van der Waals surface area contributed by atoms with Crippen LogP contribution in [-0.2, 0) is 15.9 Å². The first kappa shape index (κ1) is 22.9. The van der Waals surface area contributed by atoms with E-state index in [1.165, 1.54) is 19.1 Å². The molecular formula is C23H24N2O7S. The number of benzene rings is 2. The van der Waals surface area contributed by atoms with Crippen LogP contribution in [0.3, 0.4) is 0 Å². The van der Waals surface area contributed by atoms with Crippen molar-refractivity contribution in [2.45, 2.75) is 31.3 Å². The summed E-state index contributed by atoms with van der Waals surface area (Å²) >= 11 is -2.12. The number of amides is 3. The number of methoxy groups -OCH3 is 2. The van der Waals surface area contributed by atoms with E-state index in [-0.39, 0.29) is 29.3 Å². The Labute approximate surface area is 193 Å². The van der Waals surface area contributed by atoms with Crippen LogP contribution in [-0.4, -0.2) is 57.9 Å². The second-order valence-electron chi connectivity index (χ2n) is 7.87. The van der Waals surface area contributed by atoms with Crippen LogP contribution in [0.4, 0.5) is 5.69 Å². The fraction of sp³-hybridized carbons (Fsp3) is 0.348. The van der Waals surface area contributed by atoms with Gasteiger partial charge in [-0.2, -0.15) is 0 Å². The predicted octanol–water partition coefficient (Wildman–Crippen LogP) is 2.78. The van der Waals surface area contributed by atoms with Crippen molar-refractivity contribution in [2.24, 2.45) is 0 Å². The van der Waals surface area contributed by atoms with Gasteiger partial charge in [-0.05, 0) is 49.1 Å². The van der Waals surface area contributed by atoms with Crippen LogP contribution < -0.4 is 14.4 Å². The minimum atomic E-state index is -2.12. The highest BCUT2D eigenvalue weighted by Gasteiger charge is 2.44. The van der Waals surface area contributed by atoms with Crippen molar-refractivity contribution in [1.82, 2.24) is 4.90 Å². The summed E-state index contributed by atoms with van der Waals surface area (Å²) in [5.74, 6) is -0.310. The van der Waals surface area contributed by atoms with Crippen LogP contribution in [0.2, 0.25) is 0 Å². The summed E-state index contributed by atoms with van der Waals surface area (Å²) in [5.41, 5.74) is 1.35. The largest absolute Gasteiger partial charge is 0.493 e. The van der Waals surface area contributed by atoms with Crippen LogP contribution in [0.25, 0.3) is 0 Å². The van der Waals surface area contributed by atoms with Crippen molar-refractivity contribution < 1.29 is 32.6 Å². The van der Waals surface area contributed by atoms with Gasteiger partial charge in [0.15, 0.2) is 22.6 Å². The Morgan fingerprint density at radius 2 is 1.88 bits per heavy atom. The van der Waals surface area contributed by atoms with E-state index in [0.29, 0.717) is 29.2 Å². The van der Waals surface area contributed by atoms with Crippen molar-refractivity contribution >= 4 is 35.0 Å². The van der Waals surface area contributed by atoms with E-state index in [9.17, 15) is 23.1 Å². The molecule has 1 heterocycles. The summed E-state index contributed by atoms with van der Waals surface area (Å²) in [6.07, 6.45) is 2.43. The first-order chi connectivity index (χ1) is 15.9. The van der Waals surface area contributed by atoms with Gasteiger partial charge in [0.1, 0.15) is 0 Å². The number of ether oxygens (including phenoxy) is 2. The minimum absolute atomic E-state index is 0.0180. The second-order valence-corrected chi connectivity index (χ2v) is 8.92. The topological polar surface area (TPSA) is 113 Å². The number of hydrogen-bond acceptors (Lipinski definition) is 6. The molecule has 0 bridgehead atoms. The summed E-state index contributed by atoms with van der Waals surface area (Å²) in [4.78, 5) is 41.4. The zero-order chi connectivity index (χ0) is 23.7. The van der Waals surface area contributed by atoms with Crippen molar-refractivity contribution in [3.63, 3.8) is 0 Å². The van der Waals surface area contributed by atoms with Gasteiger partial charge in [-0.25, -0.2) is 4.21 Å². The lowest BCUT2D eigenvalue weighted by Gasteiger charge is -2.27. The molecule has 0 aromatic heterocycles. The van der Waals surface area contributed by atoms with Crippen LogP contribution in [0.15, 0.2) is 36.4 Å². The molecule has 2 aromatic carbocycles. The van der Waals surface area contributed by atoms with E-state index >= 15 is 0 Å². The third kappa shape index (κ3) is 4.23. The fourth-order valence-electron chi connectivity index (χ4n) is 4.19. The smallest absolute Gasteiger partial charge is 0.264 e. The summed E-state index contributed by atoms with van der Waals surface area (Å²) < 4.78 is 31.5. The molecule has 3 amide bonds. The number of hydrogen-bond donors (Lipinski definition) is 1. The van der Waals surface area contributed by atoms with Gasteiger partial charge < -0.3 is 18.9 Å². The number of anilines is 1. The average molecular weight is 473 g/mol. The average Bonchev–Trinajstić information content (AvgIpc) is 3.62. The van der Waals surface area contributed by atoms with E-state index in [4.69, 9.17) is 9.47 Å². The quantitative estimate of drug-likeness (QED) is 0.321. The van der Waals surface area contributed by atoms with E-state index in [1.807, 2.05) is 0 Å². The molecule has 1 saturated carbocycles. The number of carbonyl (C=O) groups is 3. The first-order valence-corrected chi connectivity index (χ1v) is 11.7. The Kier molecular flexibility index (Phi) is 6.48. The van der Waals surface area contributed by atoms with Gasteiger partial charge in [-0.1, -0.05) is 12.1 Å². The molecule has 1 fully saturated rings. The second kappa shape index (κ2) is 9.32. The molecule has 2 unspecified atom stereocenters. The van der Waals surface area contributed by atoms with Crippen molar-refractivity contribution in [3.05, 3.63) is 53.1 Å². The predicted molar refractivity (Wildman–Crippen MR) is 121 cm³/mol. The molecule has 1 aliphatic heterocycles. The number of imide groups is 1. The molecule has 1 aliphatic carbocycles. The maximum Gasteiger partial charge on any atom is 0.264 e. The molecule has 4 rings (SSSR count). The molecule has 33 heavy (non-hydrogen) atoms. The number of carbonyl (C=O) groups excluding carboxylic acids is 3. The Hall–Kier alpha value is -3.24. The highest BCUT2D eigenvalue weighted by atomic mass is 32.2. The molecule has 9 nitrogen and oxygen atoms in total. The first-order valence-electron chi connectivity index (χ1n) is 10.4. The summed E-state index contributed by atoms with van der Waals surface area (Å²) in [5, 5.41) is 0. The SMILES string of the molecule is COc1ccc(C(CCS(=O)O)N2C(=O)c3cccc(N(C=O)C4CC4)c3C2=O)cc1OC. The number of nitrogens with zero attached hydrogens (tertiary/aromatic N) is 2. The molecule has 0 spiro atoms. The van der Waals surface area contributed by atoms with Crippen molar-refractivity contribution in [3.8, 4) is 11.5 Å². The lowest BCUT2D eigenvalue weighted by molar-refractivity contribution is -0.107. The van der Waals surface area contributed by atoms with Crippen LogP contribution in [0.5, 0.6) is 11.5 Å². The van der Waals surface area contributed by atoms with Crippen LogP contribution in [0.1, 0.15) is 51.6 Å². The molecular weight excluding hydrogens is 448 g/mol. The van der Waals surface area contributed by atoms with E-state index in [0.717, 1.165) is 17.7 Å². The molecule has 1 N–H and O–H groups in total. The Morgan fingerprint density at radius 3 is 2.48 bits per heavy atom. The molecule has 2 aromatic rings. The van der Waals surface area contributed by atoms with Gasteiger partial charge in [-0.3, -0.25) is 19.3 Å². The maximum absolute atomic E-state index is 13.6. The van der Waals surface area contributed by atoms with Gasteiger partial charge in [0.05, 0.1) is 42.8 Å². The molecule has 0 radical (unpaired) electrons. The molecule has 10 heteroatoms. The third-order valence-electron chi connectivity index (χ3n) is 5.93. The fourth-order valence-corrected chi connectivity index (χ4v) is 4.62. The van der Waals surface area contributed by atoms with Crippen LogP contribution >= 0.6 is 0 Å². The van der Waals surface area contributed by atoms with Crippen molar-refractivity contribution in [1.29, 1.82) is 0 Å². The van der Waals surface area contributed by atoms with Crippen molar-refractivity contribution in [2.75, 3.05) is 24.9 Å². The van der Waals surface area contributed by atoms with Crippen LogP contribution in [0, 0.1) is 0 Å². The number of fused-ring (bicyclic) bond motifs is 1. The lowest BCUT2D eigenvalue weighted by Crippen LogP contribution is -2.35. The monoisotopic (exact) mass is 472 g/mol. The summed E-state index contributed by atoms with van der Waals surface area (Å²) in [6, 6.07) is 9.07. The Morgan fingerprint density at radius 1 is 1.15 bits per heavy atom. The van der Waals surface area contributed by atoms with E-state index in [1.54, 1.807) is 36.4 Å². The lowest BCUT2D eigenvalue weighted by atomic mass is 10.0. The molecule has 0 saturated heterocycles. The van der Waals surface area contributed by atoms with Gasteiger partial charge >= 0.3 is 0 Å². The Bertz CT molecular complexity index is 1130. The number of rotatable bonds is 10. The molecule has 2 aliphatic rings. The summed E-state index contributed by atoms with van der Waals surface area (Å²) in [7, 11) is 2.97. The highest BCUT2D eigenvalue weighted by molar-refractivity contribution is 7.79. The van der Waals surface area contributed by atoms with Gasteiger partial charge in [0.25, 0.3) is 11.8 Å². The summed E-state index contributed by atoms with van der Waals surface area (Å²) in [6.45, 7) is 0.